The molecule has 7 nitrogen and oxygen atoms in total. The lowest BCUT2D eigenvalue weighted by atomic mass is 10.1. The molecule has 1 aromatic carbocycles. The second-order valence-electron chi connectivity index (χ2n) is 6.11. The first kappa shape index (κ1) is 17.0. The van der Waals surface area contributed by atoms with Crippen LogP contribution in [0.1, 0.15) is 5.56 Å². The van der Waals surface area contributed by atoms with E-state index in [1.54, 1.807) is 11.1 Å². The lowest BCUT2D eigenvalue weighted by Crippen LogP contribution is -2.36. The summed E-state index contributed by atoms with van der Waals surface area (Å²) in [7, 11) is 0. The molecule has 0 unspecified atom stereocenters. The molecule has 27 heavy (non-hydrogen) atoms. The lowest BCUT2D eigenvalue weighted by Gasteiger charge is -2.29. The number of nitrogens with one attached hydrogen (secondary N) is 1. The summed E-state index contributed by atoms with van der Waals surface area (Å²) in [6, 6.07) is 7.69. The van der Waals surface area contributed by atoms with E-state index < -0.39 is 0 Å². The highest BCUT2D eigenvalue weighted by molar-refractivity contribution is 6.07. The van der Waals surface area contributed by atoms with Gasteiger partial charge in [0.2, 0.25) is 0 Å². The summed E-state index contributed by atoms with van der Waals surface area (Å²) in [4.78, 5) is 26.7. The Bertz CT molecular complexity index is 990. The summed E-state index contributed by atoms with van der Waals surface area (Å²) in [6.45, 7) is 5.17. The van der Waals surface area contributed by atoms with E-state index in [2.05, 4.69) is 26.8 Å². The van der Waals surface area contributed by atoms with E-state index in [1.807, 2.05) is 30.5 Å². The highest BCUT2D eigenvalue weighted by Crippen LogP contribution is 2.40. The molecule has 1 N–H and O–H groups in total. The van der Waals surface area contributed by atoms with E-state index in [-0.39, 0.29) is 5.91 Å². The van der Waals surface area contributed by atoms with Crippen molar-refractivity contribution >= 4 is 28.3 Å². The quantitative estimate of drug-likeness (QED) is 0.704. The number of nitrogens with zero attached hydrogens (tertiary/aromatic N) is 4. The number of carbonyl (C=O) groups is 1. The number of anilines is 2. The fourth-order valence-corrected chi connectivity index (χ4v) is 3.17. The van der Waals surface area contributed by atoms with Gasteiger partial charge in [0.1, 0.15) is 18.8 Å². The third-order valence-corrected chi connectivity index (χ3v) is 4.46. The number of benzene rings is 1. The zero-order valence-corrected chi connectivity index (χ0v) is 14.8. The lowest BCUT2D eigenvalue weighted by molar-refractivity contribution is -0.114. The summed E-state index contributed by atoms with van der Waals surface area (Å²) in [5, 5.41) is 4.14. The van der Waals surface area contributed by atoms with Crippen LogP contribution in [0.2, 0.25) is 0 Å². The number of aromatic nitrogens is 3. The average molecular weight is 361 g/mol. The molecule has 3 heterocycles. The fourth-order valence-electron chi connectivity index (χ4n) is 3.17. The van der Waals surface area contributed by atoms with E-state index in [0.717, 1.165) is 22.9 Å². The first-order valence-corrected chi connectivity index (χ1v) is 8.75. The van der Waals surface area contributed by atoms with Crippen molar-refractivity contribution in [3.05, 3.63) is 61.2 Å². The first-order chi connectivity index (χ1) is 13.3. The number of hydrogen-bond acceptors (Lipinski definition) is 6. The van der Waals surface area contributed by atoms with Gasteiger partial charge in [-0.2, -0.15) is 0 Å². The Kier molecular flexibility index (Phi) is 4.65. The van der Waals surface area contributed by atoms with Crippen molar-refractivity contribution in [2.24, 2.45) is 0 Å². The molecule has 1 aliphatic rings. The molecule has 0 saturated heterocycles. The van der Waals surface area contributed by atoms with Crippen LogP contribution in [0, 0.1) is 0 Å². The third kappa shape index (κ3) is 3.31. The van der Waals surface area contributed by atoms with Crippen LogP contribution in [0.15, 0.2) is 55.6 Å². The standard InChI is InChI=1S/C20H19N5O2/c1-2-17(26)25-10-11-27-19-16(25)6-5-15-18(19)20(24-13-23-15)22-9-7-14-4-3-8-21-12-14/h2-6,8,12-13H,1,7,9-11H2,(H,22,23,24). The maximum absolute atomic E-state index is 12.2. The normalized spacial score (nSPS) is 13.0. The molecule has 2 aromatic heterocycles. The van der Waals surface area contributed by atoms with Crippen LogP contribution >= 0.6 is 0 Å². The van der Waals surface area contributed by atoms with Gasteiger partial charge in [0.25, 0.3) is 5.91 Å². The van der Waals surface area contributed by atoms with Gasteiger partial charge < -0.3 is 15.0 Å². The largest absolute Gasteiger partial charge is 0.489 e. The number of fused-ring (bicyclic) bond motifs is 3. The molecule has 1 aliphatic heterocycles. The Labute approximate surface area is 156 Å². The van der Waals surface area contributed by atoms with Crippen molar-refractivity contribution in [1.82, 2.24) is 15.0 Å². The molecule has 0 atom stereocenters. The molecule has 7 heteroatoms. The summed E-state index contributed by atoms with van der Waals surface area (Å²) in [6.07, 6.45) is 7.26. The molecule has 0 fully saturated rings. The Balaban J connectivity index is 1.67. The number of rotatable bonds is 5. The van der Waals surface area contributed by atoms with Gasteiger partial charge in [0, 0.05) is 18.9 Å². The molecule has 4 rings (SSSR count). The monoisotopic (exact) mass is 361 g/mol. The van der Waals surface area contributed by atoms with Gasteiger partial charge in [-0.3, -0.25) is 9.78 Å². The van der Waals surface area contributed by atoms with Crippen molar-refractivity contribution in [3.8, 4) is 5.75 Å². The molecular formula is C20H19N5O2. The minimum Gasteiger partial charge on any atom is -0.489 e. The average Bonchev–Trinajstić information content (AvgIpc) is 2.73. The van der Waals surface area contributed by atoms with Crippen molar-refractivity contribution in [2.45, 2.75) is 6.42 Å². The van der Waals surface area contributed by atoms with E-state index >= 15 is 0 Å². The summed E-state index contributed by atoms with van der Waals surface area (Å²) >= 11 is 0. The Morgan fingerprint density at radius 3 is 3.07 bits per heavy atom. The highest BCUT2D eigenvalue weighted by atomic mass is 16.5. The molecule has 0 saturated carbocycles. The van der Waals surface area contributed by atoms with Gasteiger partial charge in [-0.05, 0) is 36.3 Å². The molecule has 0 bridgehead atoms. The van der Waals surface area contributed by atoms with Gasteiger partial charge in [-0.1, -0.05) is 12.6 Å². The van der Waals surface area contributed by atoms with Crippen molar-refractivity contribution in [2.75, 3.05) is 29.9 Å². The molecule has 0 aliphatic carbocycles. The van der Waals surface area contributed by atoms with Crippen LogP contribution in [0.4, 0.5) is 11.5 Å². The van der Waals surface area contributed by atoms with Crippen molar-refractivity contribution < 1.29 is 9.53 Å². The molecule has 1 amide bonds. The zero-order valence-electron chi connectivity index (χ0n) is 14.8. The van der Waals surface area contributed by atoms with Gasteiger partial charge in [0.05, 0.1) is 23.1 Å². The van der Waals surface area contributed by atoms with Gasteiger partial charge in [0.15, 0.2) is 5.75 Å². The first-order valence-electron chi connectivity index (χ1n) is 8.75. The topological polar surface area (TPSA) is 80.2 Å². The number of pyridine rings is 1. The SMILES string of the molecule is C=CC(=O)N1CCOc2c1ccc1ncnc(NCCc3cccnc3)c21. The molecule has 0 radical (unpaired) electrons. The van der Waals surface area contributed by atoms with Gasteiger partial charge >= 0.3 is 0 Å². The third-order valence-electron chi connectivity index (χ3n) is 4.46. The van der Waals surface area contributed by atoms with Crippen LogP contribution in [0.25, 0.3) is 10.9 Å². The van der Waals surface area contributed by atoms with Crippen LogP contribution < -0.4 is 15.0 Å². The fraction of sp³-hybridized carbons (Fsp3) is 0.200. The second kappa shape index (κ2) is 7.41. The maximum Gasteiger partial charge on any atom is 0.250 e. The smallest absolute Gasteiger partial charge is 0.250 e. The molecule has 136 valence electrons. The second-order valence-corrected chi connectivity index (χ2v) is 6.11. The molecule has 0 spiro atoms. The summed E-state index contributed by atoms with van der Waals surface area (Å²) in [5.74, 6) is 1.16. The van der Waals surface area contributed by atoms with Crippen molar-refractivity contribution in [3.63, 3.8) is 0 Å². The number of hydrogen-bond donors (Lipinski definition) is 1. The van der Waals surface area contributed by atoms with Crippen LogP contribution in [0.3, 0.4) is 0 Å². The van der Waals surface area contributed by atoms with E-state index in [4.69, 9.17) is 4.74 Å². The minimum atomic E-state index is -0.151. The van der Waals surface area contributed by atoms with Crippen LogP contribution in [-0.4, -0.2) is 40.6 Å². The Morgan fingerprint density at radius 2 is 2.26 bits per heavy atom. The van der Waals surface area contributed by atoms with Crippen LogP contribution in [-0.2, 0) is 11.2 Å². The number of carbonyl (C=O) groups excluding carboxylic acids is 1. The van der Waals surface area contributed by atoms with E-state index in [1.165, 1.54) is 12.4 Å². The summed E-state index contributed by atoms with van der Waals surface area (Å²) in [5.41, 5.74) is 2.62. The van der Waals surface area contributed by atoms with Crippen LogP contribution in [0.5, 0.6) is 5.75 Å². The van der Waals surface area contributed by atoms with Gasteiger partial charge in [-0.25, -0.2) is 9.97 Å². The minimum absolute atomic E-state index is 0.151. The maximum atomic E-state index is 12.2. The van der Waals surface area contributed by atoms with E-state index in [9.17, 15) is 4.79 Å². The predicted molar refractivity (Wildman–Crippen MR) is 104 cm³/mol. The Hall–Kier alpha value is -3.48. The molecule has 3 aromatic rings. The Morgan fingerprint density at radius 1 is 1.33 bits per heavy atom. The highest BCUT2D eigenvalue weighted by Gasteiger charge is 2.25. The summed E-state index contributed by atoms with van der Waals surface area (Å²) < 4.78 is 5.91. The number of amides is 1. The van der Waals surface area contributed by atoms with Crippen molar-refractivity contribution in [1.29, 1.82) is 0 Å². The molecular weight excluding hydrogens is 342 g/mol. The predicted octanol–water partition coefficient (Wildman–Crippen LogP) is 2.59. The van der Waals surface area contributed by atoms with E-state index in [0.29, 0.717) is 37.0 Å². The zero-order chi connectivity index (χ0) is 18.6. The number of ether oxygens (including phenoxy) is 1. The van der Waals surface area contributed by atoms with Gasteiger partial charge in [-0.15, -0.1) is 0 Å².